The highest BCUT2D eigenvalue weighted by atomic mass is 19.1. The van der Waals surface area contributed by atoms with Gasteiger partial charge in [0.1, 0.15) is 23.8 Å². The number of H-pyrrole nitrogens is 1. The molecule has 28 heavy (non-hydrogen) atoms. The van der Waals surface area contributed by atoms with Crippen molar-refractivity contribution in [1.82, 2.24) is 10.3 Å². The number of aromatic nitrogens is 1. The van der Waals surface area contributed by atoms with E-state index in [2.05, 4.69) is 10.3 Å². The first-order valence-electron chi connectivity index (χ1n) is 9.24. The number of hydrogen-bond acceptors (Lipinski definition) is 4. The Hall–Kier alpha value is -3.12. The van der Waals surface area contributed by atoms with Gasteiger partial charge >= 0.3 is 5.63 Å². The molecule has 2 aromatic carbocycles. The molecular weight excluding hydrogens is 359 g/mol. The Morgan fingerprint density at radius 1 is 1.11 bits per heavy atom. The van der Waals surface area contributed by atoms with Gasteiger partial charge in [0.25, 0.3) is 0 Å². The van der Waals surface area contributed by atoms with Crippen molar-refractivity contribution in [3.05, 3.63) is 76.0 Å². The summed E-state index contributed by atoms with van der Waals surface area (Å²) >= 11 is 0. The molecule has 5 nitrogen and oxygen atoms in total. The van der Waals surface area contributed by atoms with E-state index in [0.29, 0.717) is 24.5 Å². The van der Waals surface area contributed by atoms with Crippen LogP contribution in [-0.2, 0) is 6.42 Å². The van der Waals surface area contributed by atoms with Crippen LogP contribution in [0.15, 0.2) is 57.9 Å². The third-order valence-electron chi connectivity index (χ3n) is 4.77. The maximum Gasteiger partial charge on any atom is 0.336 e. The van der Waals surface area contributed by atoms with Crippen molar-refractivity contribution < 1.29 is 13.5 Å². The number of ether oxygens (including phenoxy) is 1. The van der Waals surface area contributed by atoms with Crippen LogP contribution in [0.2, 0.25) is 0 Å². The SMILES string of the molecule is Cc1cc(=O)oc2cc(OCCNCCc3c[nH]c4ccc(F)cc34)ccc12. The molecule has 0 aliphatic heterocycles. The first-order chi connectivity index (χ1) is 13.6. The molecule has 0 fully saturated rings. The van der Waals surface area contributed by atoms with Crippen LogP contribution in [0.1, 0.15) is 11.1 Å². The van der Waals surface area contributed by atoms with E-state index in [0.717, 1.165) is 40.4 Å². The summed E-state index contributed by atoms with van der Waals surface area (Å²) in [5.41, 5.74) is 3.08. The van der Waals surface area contributed by atoms with Gasteiger partial charge in [-0.2, -0.15) is 0 Å². The summed E-state index contributed by atoms with van der Waals surface area (Å²) in [6, 6.07) is 11.8. The van der Waals surface area contributed by atoms with Crippen molar-refractivity contribution in [2.45, 2.75) is 13.3 Å². The number of benzene rings is 2. The minimum atomic E-state index is -0.360. The van der Waals surface area contributed by atoms with Gasteiger partial charge in [-0.05, 0) is 61.3 Å². The van der Waals surface area contributed by atoms with Crippen LogP contribution >= 0.6 is 0 Å². The highest BCUT2D eigenvalue weighted by Crippen LogP contribution is 2.22. The van der Waals surface area contributed by atoms with E-state index in [-0.39, 0.29) is 11.4 Å². The van der Waals surface area contributed by atoms with Gasteiger partial charge < -0.3 is 19.5 Å². The first-order valence-corrected chi connectivity index (χ1v) is 9.24. The fourth-order valence-electron chi connectivity index (χ4n) is 3.34. The van der Waals surface area contributed by atoms with Crippen molar-refractivity contribution in [1.29, 1.82) is 0 Å². The average molecular weight is 380 g/mol. The zero-order valence-electron chi connectivity index (χ0n) is 15.5. The topological polar surface area (TPSA) is 67.3 Å². The molecule has 6 heteroatoms. The summed E-state index contributed by atoms with van der Waals surface area (Å²) < 4.78 is 24.4. The number of rotatable bonds is 7. The Kier molecular flexibility index (Phi) is 5.12. The number of halogens is 1. The van der Waals surface area contributed by atoms with E-state index in [1.165, 1.54) is 12.1 Å². The molecule has 2 aromatic heterocycles. The lowest BCUT2D eigenvalue weighted by Crippen LogP contribution is -2.23. The molecule has 0 amide bonds. The first kappa shape index (κ1) is 18.3. The van der Waals surface area contributed by atoms with E-state index in [4.69, 9.17) is 9.15 Å². The highest BCUT2D eigenvalue weighted by molar-refractivity contribution is 5.83. The zero-order chi connectivity index (χ0) is 19.5. The molecular formula is C22H21FN2O3. The molecule has 2 N–H and O–H groups in total. The van der Waals surface area contributed by atoms with Gasteiger partial charge in [-0.1, -0.05) is 0 Å². The summed E-state index contributed by atoms with van der Waals surface area (Å²) in [6.45, 7) is 3.81. The van der Waals surface area contributed by atoms with Crippen LogP contribution in [0.3, 0.4) is 0 Å². The second-order valence-corrected chi connectivity index (χ2v) is 6.76. The molecule has 0 aliphatic carbocycles. The molecule has 4 aromatic rings. The van der Waals surface area contributed by atoms with Crippen LogP contribution in [0.5, 0.6) is 5.75 Å². The maximum absolute atomic E-state index is 13.4. The van der Waals surface area contributed by atoms with Crippen LogP contribution in [0.4, 0.5) is 4.39 Å². The number of aromatic amines is 1. The summed E-state index contributed by atoms with van der Waals surface area (Å²) in [7, 11) is 0. The highest BCUT2D eigenvalue weighted by Gasteiger charge is 2.06. The maximum atomic E-state index is 13.4. The fraction of sp³-hybridized carbons (Fsp3) is 0.227. The van der Waals surface area contributed by atoms with Crippen LogP contribution in [0, 0.1) is 12.7 Å². The van der Waals surface area contributed by atoms with E-state index >= 15 is 0 Å². The quantitative estimate of drug-likeness (QED) is 0.377. The van der Waals surface area contributed by atoms with Crippen molar-refractivity contribution >= 4 is 21.9 Å². The Morgan fingerprint density at radius 3 is 2.89 bits per heavy atom. The normalized spacial score (nSPS) is 11.4. The monoisotopic (exact) mass is 380 g/mol. The van der Waals surface area contributed by atoms with Gasteiger partial charge in [0.15, 0.2) is 0 Å². The van der Waals surface area contributed by atoms with Gasteiger partial charge in [0.05, 0.1) is 0 Å². The lowest BCUT2D eigenvalue weighted by Gasteiger charge is -2.08. The summed E-state index contributed by atoms with van der Waals surface area (Å²) in [5, 5.41) is 5.15. The standard InChI is InChI=1S/C22H21FN2O3/c1-14-10-22(26)28-21-12-17(3-4-18(14)21)27-9-8-24-7-6-15-13-25-20-5-2-16(23)11-19(15)20/h2-5,10-13,24-25H,6-9H2,1H3. The second kappa shape index (κ2) is 7.86. The minimum Gasteiger partial charge on any atom is -0.492 e. The van der Waals surface area contributed by atoms with Crippen LogP contribution in [0.25, 0.3) is 21.9 Å². The van der Waals surface area contributed by atoms with E-state index in [9.17, 15) is 9.18 Å². The molecule has 4 rings (SSSR count). The molecule has 0 bridgehead atoms. The molecule has 2 heterocycles. The molecule has 0 spiro atoms. The Bertz CT molecular complexity index is 1180. The largest absolute Gasteiger partial charge is 0.492 e. The van der Waals surface area contributed by atoms with Crippen LogP contribution < -0.4 is 15.7 Å². The fourth-order valence-corrected chi connectivity index (χ4v) is 3.34. The second-order valence-electron chi connectivity index (χ2n) is 6.76. The summed E-state index contributed by atoms with van der Waals surface area (Å²) in [4.78, 5) is 14.7. The molecule has 0 radical (unpaired) electrons. The van der Waals surface area contributed by atoms with Crippen molar-refractivity contribution in [2.24, 2.45) is 0 Å². The number of fused-ring (bicyclic) bond motifs is 2. The Labute approximate surface area is 161 Å². The van der Waals surface area contributed by atoms with Crippen molar-refractivity contribution in [2.75, 3.05) is 19.7 Å². The van der Waals surface area contributed by atoms with Crippen molar-refractivity contribution in [3.8, 4) is 5.75 Å². The van der Waals surface area contributed by atoms with Crippen LogP contribution in [-0.4, -0.2) is 24.7 Å². The smallest absolute Gasteiger partial charge is 0.336 e. The van der Waals surface area contributed by atoms with E-state index in [1.807, 2.05) is 25.3 Å². The lowest BCUT2D eigenvalue weighted by atomic mass is 10.1. The lowest BCUT2D eigenvalue weighted by molar-refractivity contribution is 0.314. The molecule has 144 valence electrons. The van der Waals surface area contributed by atoms with Gasteiger partial charge in [-0.25, -0.2) is 9.18 Å². The third kappa shape index (κ3) is 3.92. The van der Waals surface area contributed by atoms with Gasteiger partial charge in [-0.3, -0.25) is 0 Å². The average Bonchev–Trinajstić information content (AvgIpc) is 3.06. The number of aryl methyl sites for hydroxylation is 1. The molecule has 0 aliphatic rings. The molecule has 0 saturated carbocycles. The summed E-state index contributed by atoms with van der Waals surface area (Å²) in [6.07, 6.45) is 2.72. The number of hydrogen-bond donors (Lipinski definition) is 2. The van der Waals surface area contributed by atoms with Gasteiger partial charge in [0.2, 0.25) is 0 Å². The molecule has 0 atom stereocenters. The zero-order valence-corrected chi connectivity index (χ0v) is 15.5. The molecule has 0 unspecified atom stereocenters. The predicted molar refractivity (Wildman–Crippen MR) is 108 cm³/mol. The Balaban J connectivity index is 1.27. The Morgan fingerprint density at radius 2 is 2.00 bits per heavy atom. The third-order valence-corrected chi connectivity index (χ3v) is 4.77. The van der Waals surface area contributed by atoms with E-state index < -0.39 is 0 Å². The van der Waals surface area contributed by atoms with Gasteiger partial charge in [-0.15, -0.1) is 0 Å². The summed E-state index contributed by atoms with van der Waals surface area (Å²) in [5.74, 6) is 0.436. The predicted octanol–water partition coefficient (Wildman–Crippen LogP) is 3.93. The van der Waals surface area contributed by atoms with Gasteiger partial charge in [0, 0.05) is 41.2 Å². The van der Waals surface area contributed by atoms with E-state index in [1.54, 1.807) is 18.2 Å². The number of nitrogens with one attached hydrogen (secondary N) is 2. The minimum absolute atomic E-state index is 0.226. The molecule has 0 saturated heterocycles. The van der Waals surface area contributed by atoms with Crippen molar-refractivity contribution in [3.63, 3.8) is 0 Å².